The molecule has 3 N–H and O–H groups in total. The van der Waals surface area contributed by atoms with Gasteiger partial charge in [0.15, 0.2) is 11.4 Å². The van der Waals surface area contributed by atoms with Gasteiger partial charge in [0, 0.05) is 16.1 Å². The molecule has 0 spiro atoms. The van der Waals surface area contributed by atoms with Crippen LogP contribution in [0.5, 0.6) is 11.5 Å². The Morgan fingerprint density at radius 2 is 1.41 bits per heavy atom. The van der Waals surface area contributed by atoms with Gasteiger partial charge in [-0.05, 0) is 74.5 Å². The van der Waals surface area contributed by atoms with Crippen molar-refractivity contribution in [2.45, 2.75) is 19.4 Å². The first-order chi connectivity index (χ1) is 15.2. The van der Waals surface area contributed by atoms with Gasteiger partial charge in [-0.2, -0.15) is 0 Å². The summed E-state index contributed by atoms with van der Waals surface area (Å²) in [5.41, 5.74) is 4.17. The minimum Gasteiger partial charge on any atom is -0.507 e. The maximum atomic E-state index is 12.5. The van der Waals surface area contributed by atoms with E-state index in [-0.39, 0.29) is 17.1 Å². The van der Waals surface area contributed by atoms with Crippen molar-refractivity contribution in [3.63, 3.8) is 0 Å². The van der Waals surface area contributed by atoms with Crippen molar-refractivity contribution >= 4 is 29.2 Å². The molecule has 3 rings (SSSR count). The molecule has 2 amide bonds. The molecule has 3 aromatic carbocycles. The number of carbonyl (C=O) groups is 3. The lowest BCUT2D eigenvalue weighted by molar-refractivity contribution is -0.135. The summed E-state index contributed by atoms with van der Waals surface area (Å²) in [6.07, 6.45) is 0. The zero-order valence-corrected chi connectivity index (χ0v) is 18.1. The molecule has 0 unspecified atom stereocenters. The normalized spacial score (nSPS) is 10.8. The number of nitrogens with one attached hydrogen (secondary N) is 2. The Balaban J connectivity index is 1.61. The fraction of sp³-hybridized carbons (Fsp3) is 0.125. The molecule has 0 aromatic heterocycles. The highest BCUT2D eigenvalue weighted by atomic mass is 35.5. The molecule has 0 bridgehead atoms. The van der Waals surface area contributed by atoms with Crippen LogP contribution in [0.15, 0.2) is 72.8 Å². The van der Waals surface area contributed by atoms with Gasteiger partial charge >= 0.3 is 0 Å². The molecule has 0 heterocycles. The van der Waals surface area contributed by atoms with Crippen molar-refractivity contribution < 1.29 is 24.2 Å². The van der Waals surface area contributed by atoms with Gasteiger partial charge in [-0.1, -0.05) is 23.7 Å². The second-order valence-electron chi connectivity index (χ2n) is 7.40. The molecule has 8 heteroatoms. The predicted octanol–water partition coefficient (Wildman–Crippen LogP) is 3.90. The number of para-hydroxylation sites is 1. The number of amides is 2. The van der Waals surface area contributed by atoms with Gasteiger partial charge < -0.3 is 9.84 Å². The fourth-order valence-corrected chi connectivity index (χ4v) is 2.91. The Bertz CT molecular complexity index is 1140. The quantitative estimate of drug-likeness (QED) is 0.388. The van der Waals surface area contributed by atoms with Crippen LogP contribution in [0.1, 0.15) is 40.1 Å². The molecule has 0 aliphatic rings. The van der Waals surface area contributed by atoms with E-state index < -0.39 is 17.4 Å². The van der Waals surface area contributed by atoms with E-state index in [0.29, 0.717) is 21.9 Å². The highest BCUT2D eigenvalue weighted by Crippen LogP contribution is 2.21. The lowest BCUT2D eigenvalue weighted by Gasteiger charge is -2.25. The number of rotatable bonds is 6. The van der Waals surface area contributed by atoms with Crippen molar-refractivity contribution in [2.24, 2.45) is 0 Å². The van der Waals surface area contributed by atoms with Gasteiger partial charge in [-0.25, -0.2) is 0 Å². The Morgan fingerprint density at radius 3 is 2.00 bits per heavy atom. The molecular formula is C24H21ClN2O5. The van der Waals surface area contributed by atoms with Gasteiger partial charge in [0.1, 0.15) is 11.5 Å². The van der Waals surface area contributed by atoms with E-state index in [4.69, 9.17) is 16.3 Å². The van der Waals surface area contributed by atoms with Crippen LogP contribution >= 0.6 is 11.6 Å². The van der Waals surface area contributed by atoms with Crippen molar-refractivity contribution in [1.29, 1.82) is 0 Å². The molecule has 32 heavy (non-hydrogen) atoms. The summed E-state index contributed by atoms with van der Waals surface area (Å²) in [6, 6.07) is 18.9. The van der Waals surface area contributed by atoms with Gasteiger partial charge in [-0.15, -0.1) is 0 Å². The SMILES string of the molecule is CC(C)(Oc1ccc(C(=O)c2ccc(Cl)cc2)cc1)C(=O)NNC(=O)c1ccccc1O. The third-order valence-electron chi connectivity index (χ3n) is 4.58. The number of aromatic hydroxyl groups is 1. The summed E-state index contributed by atoms with van der Waals surface area (Å²) in [7, 11) is 0. The first-order valence-corrected chi connectivity index (χ1v) is 10.0. The van der Waals surface area contributed by atoms with E-state index in [1.165, 1.54) is 26.0 Å². The molecule has 0 aliphatic heterocycles. The number of ether oxygens (including phenoxy) is 1. The first-order valence-electron chi connectivity index (χ1n) is 9.65. The number of ketones is 1. The molecule has 164 valence electrons. The summed E-state index contributed by atoms with van der Waals surface area (Å²) in [4.78, 5) is 37.2. The van der Waals surface area contributed by atoms with Crippen LogP contribution in [-0.4, -0.2) is 28.3 Å². The number of hydrogen-bond acceptors (Lipinski definition) is 5. The number of phenols is 1. The predicted molar refractivity (Wildman–Crippen MR) is 120 cm³/mol. The minimum atomic E-state index is -1.34. The lowest BCUT2D eigenvalue weighted by Crippen LogP contribution is -2.53. The number of halogens is 1. The Hall–Kier alpha value is -3.84. The molecule has 7 nitrogen and oxygen atoms in total. The molecule has 0 atom stereocenters. The monoisotopic (exact) mass is 452 g/mol. The maximum absolute atomic E-state index is 12.5. The van der Waals surface area contributed by atoms with Crippen molar-refractivity contribution in [3.8, 4) is 11.5 Å². The van der Waals surface area contributed by atoms with Crippen LogP contribution in [0.25, 0.3) is 0 Å². The van der Waals surface area contributed by atoms with Gasteiger partial charge in [0.05, 0.1) is 5.56 Å². The van der Waals surface area contributed by atoms with Crippen LogP contribution in [0.3, 0.4) is 0 Å². The van der Waals surface area contributed by atoms with Gasteiger partial charge in [0.2, 0.25) is 0 Å². The Labute approximate surface area is 190 Å². The molecule has 0 fully saturated rings. The van der Waals surface area contributed by atoms with Crippen LogP contribution in [-0.2, 0) is 4.79 Å². The Morgan fingerprint density at radius 1 is 0.844 bits per heavy atom. The molecule has 0 aliphatic carbocycles. The molecule has 0 saturated carbocycles. The lowest BCUT2D eigenvalue weighted by atomic mass is 10.0. The third-order valence-corrected chi connectivity index (χ3v) is 4.83. The maximum Gasteiger partial charge on any atom is 0.281 e. The van der Waals surface area contributed by atoms with Gasteiger partial charge in [0.25, 0.3) is 11.8 Å². The topological polar surface area (TPSA) is 105 Å². The van der Waals surface area contributed by atoms with Crippen molar-refractivity contribution in [1.82, 2.24) is 10.9 Å². The first kappa shape index (κ1) is 22.8. The van der Waals surface area contributed by atoms with E-state index >= 15 is 0 Å². The van der Waals surface area contributed by atoms with Gasteiger partial charge in [-0.3, -0.25) is 25.2 Å². The van der Waals surface area contributed by atoms with E-state index in [1.807, 2.05) is 0 Å². The molecular weight excluding hydrogens is 432 g/mol. The largest absolute Gasteiger partial charge is 0.507 e. The number of hydrazine groups is 1. The number of carbonyl (C=O) groups excluding carboxylic acids is 3. The van der Waals surface area contributed by atoms with Crippen LogP contribution in [0, 0.1) is 0 Å². The molecule has 0 radical (unpaired) electrons. The van der Waals surface area contributed by atoms with Crippen LogP contribution in [0.4, 0.5) is 0 Å². The Kier molecular flexibility index (Phi) is 6.80. The summed E-state index contributed by atoms with van der Waals surface area (Å²) in [5, 5.41) is 10.3. The summed E-state index contributed by atoms with van der Waals surface area (Å²) in [5.74, 6) is -1.29. The highest BCUT2D eigenvalue weighted by Gasteiger charge is 2.30. The smallest absolute Gasteiger partial charge is 0.281 e. The average molecular weight is 453 g/mol. The summed E-state index contributed by atoms with van der Waals surface area (Å²) >= 11 is 5.85. The zero-order chi connectivity index (χ0) is 23.3. The molecule has 3 aromatic rings. The van der Waals surface area contributed by atoms with E-state index in [2.05, 4.69) is 10.9 Å². The number of benzene rings is 3. The second-order valence-corrected chi connectivity index (χ2v) is 7.83. The third kappa shape index (κ3) is 5.44. The average Bonchev–Trinajstić information content (AvgIpc) is 2.78. The van der Waals surface area contributed by atoms with Crippen molar-refractivity contribution in [2.75, 3.05) is 0 Å². The zero-order valence-electron chi connectivity index (χ0n) is 17.4. The summed E-state index contributed by atoms with van der Waals surface area (Å²) < 4.78 is 5.74. The highest BCUT2D eigenvalue weighted by molar-refractivity contribution is 6.30. The van der Waals surface area contributed by atoms with Crippen LogP contribution in [0.2, 0.25) is 5.02 Å². The fourth-order valence-electron chi connectivity index (χ4n) is 2.78. The summed E-state index contributed by atoms with van der Waals surface area (Å²) in [6.45, 7) is 3.06. The van der Waals surface area contributed by atoms with E-state index in [0.717, 1.165) is 0 Å². The van der Waals surface area contributed by atoms with E-state index in [9.17, 15) is 19.5 Å². The number of phenolic OH excluding ortho intramolecular Hbond substituents is 1. The van der Waals surface area contributed by atoms with Crippen molar-refractivity contribution in [3.05, 3.63) is 94.5 Å². The molecule has 0 saturated heterocycles. The standard InChI is InChI=1S/C24H21ClN2O5/c1-24(2,23(31)27-26-22(30)19-5-3-4-6-20(19)28)32-18-13-9-16(10-14-18)21(29)15-7-11-17(25)12-8-15/h3-14,28H,1-2H3,(H,26,30)(H,27,31). The second kappa shape index (κ2) is 9.53. The van der Waals surface area contributed by atoms with E-state index in [1.54, 1.807) is 60.7 Å². The number of hydrogen-bond donors (Lipinski definition) is 3. The minimum absolute atomic E-state index is 0.0208. The van der Waals surface area contributed by atoms with Crippen LogP contribution < -0.4 is 15.6 Å².